The van der Waals surface area contributed by atoms with Crippen LogP contribution in [-0.4, -0.2) is 17.9 Å². The minimum absolute atomic E-state index is 0.0268. The van der Waals surface area contributed by atoms with Crippen LogP contribution in [0.4, 0.5) is 11.4 Å². The van der Waals surface area contributed by atoms with Gasteiger partial charge >= 0.3 is 0 Å². The van der Waals surface area contributed by atoms with Crippen LogP contribution in [-0.2, 0) is 11.4 Å². The quantitative estimate of drug-likeness (QED) is 0.0989. The maximum atomic E-state index is 12.7. The van der Waals surface area contributed by atoms with E-state index >= 15 is 0 Å². The molecule has 0 fully saturated rings. The molecule has 35 heavy (non-hydrogen) atoms. The summed E-state index contributed by atoms with van der Waals surface area (Å²) in [4.78, 5) is 22.9. The number of halogens is 3. The van der Waals surface area contributed by atoms with Gasteiger partial charge in [-0.3, -0.25) is 14.9 Å². The van der Waals surface area contributed by atoms with Crippen molar-refractivity contribution in [3.8, 4) is 17.6 Å². The molecule has 0 spiro atoms. The van der Waals surface area contributed by atoms with Gasteiger partial charge in [0.1, 0.15) is 18.2 Å². The summed E-state index contributed by atoms with van der Waals surface area (Å²) in [6.45, 7) is 0.225. The second kappa shape index (κ2) is 11.9. The number of nitriles is 1. The number of non-ortho nitro benzene ring substituents is 1. The standard InChI is InChI=1S/C24H16Cl2IN3O5/c1-34-22-10-14(9-20(27)23(22)35-13-15-4-2-3-5-18(15)25)8-16(12-28)24(31)29-21-7-6-17(30(32)33)11-19(21)26/h2-11H,13H2,1H3,(H,29,31). The minimum Gasteiger partial charge on any atom is -0.493 e. The molecule has 0 radical (unpaired) electrons. The van der Waals surface area contributed by atoms with Crippen LogP contribution < -0.4 is 14.8 Å². The molecule has 3 aromatic carbocycles. The highest BCUT2D eigenvalue weighted by molar-refractivity contribution is 14.1. The van der Waals surface area contributed by atoms with Gasteiger partial charge in [-0.2, -0.15) is 5.26 Å². The van der Waals surface area contributed by atoms with E-state index in [0.29, 0.717) is 25.7 Å². The van der Waals surface area contributed by atoms with Crippen LogP contribution in [0.15, 0.2) is 60.2 Å². The van der Waals surface area contributed by atoms with Gasteiger partial charge in [0, 0.05) is 22.7 Å². The van der Waals surface area contributed by atoms with Crippen molar-refractivity contribution in [1.29, 1.82) is 5.26 Å². The number of nitro benzene ring substituents is 1. The molecular formula is C24H16Cl2IN3O5. The molecule has 0 atom stereocenters. The van der Waals surface area contributed by atoms with Gasteiger partial charge in [-0.15, -0.1) is 0 Å². The molecule has 3 aromatic rings. The number of methoxy groups -OCH3 is 1. The van der Waals surface area contributed by atoms with Crippen LogP contribution in [0, 0.1) is 25.0 Å². The van der Waals surface area contributed by atoms with Crippen molar-refractivity contribution in [2.75, 3.05) is 12.4 Å². The largest absolute Gasteiger partial charge is 0.493 e. The highest BCUT2D eigenvalue weighted by Crippen LogP contribution is 2.36. The fraction of sp³-hybridized carbons (Fsp3) is 0.0833. The number of nitro groups is 1. The van der Waals surface area contributed by atoms with E-state index in [0.717, 1.165) is 11.6 Å². The molecule has 0 heterocycles. The van der Waals surface area contributed by atoms with Gasteiger partial charge in [-0.1, -0.05) is 41.4 Å². The first-order chi connectivity index (χ1) is 16.7. The third-order valence-electron chi connectivity index (χ3n) is 4.67. The molecule has 11 heteroatoms. The van der Waals surface area contributed by atoms with Crippen LogP contribution >= 0.6 is 45.8 Å². The van der Waals surface area contributed by atoms with E-state index < -0.39 is 10.8 Å². The molecule has 8 nitrogen and oxygen atoms in total. The summed E-state index contributed by atoms with van der Waals surface area (Å²) in [5.74, 6) is 0.174. The summed E-state index contributed by atoms with van der Waals surface area (Å²) in [5, 5.41) is 23.4. The number of nitrogens with zero attached hydrogens (tertiary/aromatic N) is 2. The Morgan fingerprint density at radius 3 is 2.57 bits per heavy atom. The van der Waals surface area contributed by atoms with Crippen molar-refractivity contribution in [3.63, 3.8) is 0 Å². The Hall–Kier alpha value is -3.33. The maximum Gasteiger partial charge on any atom is 0.271 e. The van der Waals surface area contributed by atoms with Gasteiger partial charge in [0.05, 0.1) is 26.3 Å². The minimum atomic E-state index is -0.726. The molecule has 0 aliphatic carbocycles. The van der Waals surface area contributed by atoms with Crippen molar-refractivity contribution in [2.24, 2.45) is 0 Å². The Morgan fingerprint density at radius 2 is 1.94 bits per heavy atom. The normalized spacial score (nSPS) is 10.9. The van der Waals surface area contributed by atoms with E-state index in [2.05, 4.69) is 27.9 Å². The summed E-state index contributed by atoms with van der Waals surface area (Å²) in [6.07, 6.45) is 1.39. The van der Waals surface area contributed by atoms with Crippen LogP contribution in [0.1, 0.15) is 11.1 Å². The number of anilines is 1. The predicted octanol–water partition coefficient (Wildman–Crippen LogP) is 6.64. The molecule has 0 unspecified atom stereocenters. The molecule has 3 rings (SSSR count). The summed E-state index contributed by atoms with van der Waals surface area (Å²) >= 11 is 14.3. The van der Waals surface area contributed by atoms with Crippen molar-refractivity contribution in [3.05, 3.63) is 95.0 Å². The average molecular weight is 624 g/mol. The molecule has 1 N–H and O–H groups in total. The number of ether oxygens (including phenoxy) is 2. The Bertz CT molecular complexity index is 1370. The molecule has 0 aromatic heterocycles. The Balaban J connectivity index is 1.83. The van der Waals surface area contributed by atoms with Gasteiger partial charge in [0.2, 0.25) is 0 Å². The summed E-state index contributed by atoms with van der Waals surface area (Å²) in [5.41, 5.74) is 1.05. The summed E-state index contributed by atoms with van der Waals surface area (Å²) in [6, 6.07) is 16.1. The molecule has 0 aliphatic heterocycles. The molecular weight excluding hydrogens is 608 g/mol. The fourth-order valence-corrected chi connectivity index (χ4v) is 4.15. The smallest absolute Gasteiger partial charge is 0.271 e. The number of hydrogen-bond donors (Lipinski definition) is 1. The van der Waals surface area contributed by atoms with Crippen LogP contribution in [0.3, 0.4) is 0 Å². The molecule has 178 valence electrons. The summed E-state index contributed by atoms with van der Waals surface area (Å²) in [7, 11) is 1.48. The van der Waals surface area contributed by atoms with Gasteiger partial charge in [-0.05, 0) is 58.5 Å². The van der Waals surface area contributed by atoms with E-state index in [1.165, 1.54) is 25.3 Å². The van der Waals surface area contributed by atoms with Crippen LogP contribution in [0.2, 0.25) is 10.0 Å². The number of carbonyl (C=O) groups is 1. The number of hydrogen-bond acceptors (Lipinski definition) is 6. The second-order valence-electron chi connectivity index (χ2n) is 6.96. The first-order valence-corrected chi connectivity index (χ1v) is 11.7. The second-order valence-corrected chi connectivity index (χ2v) is 8.94. The monoisotopic (exact) mass is 623 g/mol. The first kappa shape index (κ1) is 26.3. The van der Waals surface area contributed by atoms with Crippen LogP contribution in [0.25, 0.3) is 6.08 Å². The fourth-order valence-electron chi connectivity index (χ4n) is 2.95. The third kappa shape index (κ3) is 6.63. The summed E-state index contributed by atoms with van der Waals surface area (Å²) < 4.78 is 12.1. The van der Waals surface area contributed by atoms with E-state index in [1.54, 1.807) is 18.2 Å². The lowest BCUT2D eigenvalue weighted by Gasteiger charge is -2.14. The van der Waals surface area contributed by atoms with Crippen molar-refractivity contribution in [2.45, 2.75) is 6.61 Å². The van der Waals surface area contributed by atoms with Crippen molar-refractivity contribution in [1.82, 2.24) is 0 Å². The highest BCUT2D eigenvalue weighted by atomic mass is 127. The van der Waals surface area contributed by atoms with Crippen LogP contribution in [0.5, 0.6) is 11.5 Å². The van der Waals surface area contributed by atoms with E-state index in [-0.39, 0.29) is 28.6 Å². The Kier molecular flexibility index (Phi) is 8.92. The topological polar surface area (TPSA) is 114 Å². The van der Waals surface area contributed by atoms with E-state index in [9.17, 15) is 20.2 Å². The number of carbonyl (C=O) groups excluding carboxylic acids is 1. The zero-order chi connectivity index (χ0) is 25.5. The van der Waals surface area contributed by atoms with Gasteiger partial charge < -0.3 is 14.8 Å². The molecule has 0 saturated heterocycles. The van der Waals surface area contributed by atoms with Gasteiger partial charge in [0.25, 0.3) is 11.6 Å². The lowest BCUT2D eigenvalue weighted by molar-refractivity contribution is -0.384. The SMILES string of the molecule is COc1cc(C=C(C#N)C(=O)Nc2ccc([N+](=O)[O-])cc2Cl)cc(I)c1OCc1ccccc1Cl. The number of nitrogens with one attached hydrogen (secondary N) is 1. The lowest BCUT2D eigenvalue weighted by Crippen LogP contribution is -2.13. The average Bonchev–Trinajstić information content (AvgIpc) is 2.83. The molecule has 1 amide bonds. The Morgan fingerprint density at radius 1 is 1.20 bits per heavy atom. The molecule has 0 bridgehead atoms. The number of rotatable bonds is 8. The van der Waals surface area contributed by atoms with Crippen molar-refractivity contribution >= 4 is 69.2 Å². The first-order valence-electron chi connectivity index (χ1n) is 9.84. The third-order valence-corrected chi connectivity index (χ3v) is 6.15. The van der Waals surface area contributed by atoms with E-state index in [4.69, 9.17) is 32.7 Å². The maximum absolute atomic E-state index is 12.7. The zero-order valence-corrected chi connectivity index (χ0v) is 21.7. The van der Waals surface area contributed by atoms with Gasteiger partial charge in [0.15, 0.2) is 11.5 Å². The van der Waals surface area contributed by atoms with Gasteiger partial charge in [-0.25, -0.2) is 0 Å². The zero-order valence-electron chi connectivity index (χ0n) is 18.1. The number of benzene rings is 3. The van der Waals surface area contributed by atoms with E-state index in [1.807, 2.05) is 24.3 Å². The lowest BCUT2D eigenvalue weighted by atomic mass is 10.1. The highest BCUT2D eigenvalue weighted by Gasteiger charge is 2.16. The number of amides is 1. The molecule has 0 aliphatic rings. The predicted molar refractivity (Wildman–Crippen MR) is 142 cm³/mol. The van der Waals surface area contributed by atoms with Crippen molar-refractivity contribution < 1.29 is 19.2 Å². The molecule has 0 saturated carbocycles. The Labute approximate surface area is 224 Å².